The molecule has 6 heteroatoms. The van der Waals surface area contributed by atoms with Crippen molar-refractivity contribution in [2.24, 2.45) is 0 Å². The largest absolute Gasteiger partial charge is 0.482 e. The third-order valence-electron chi connectivity index (χ3n) is 2.43. The van der Waals surface area contributed by atoms with Crippen LogP contribution in [0, 0.1) is 6.92 Å². The van der Waals surface area contributed by atoms with E-state index in [2.05, 4.69) is 10.3 Å². The number of benzene rings is 1. The highest BCUT2D eigenvalue weighted by Crippen LogP contribution is 2.27. The monoisotopic (exact) mass is 310 g/mol. The van der Waals surface area contributed by atoms with Crippen molar-refractivity contribution in [2.45, 2.75) is 6.92 Å². The molecule has 1 aromatic carbocycles. The van der Waals surface area contributed by atoms with Crippen LogP contribution in [0.4, 0.5) is 5.82 Å². The summed E-state index contributed by atoms with van der Waals surface area (Å²) in [7, 11) is 0. The molecule has 0 radical (unpaired) electrons. The molecule has 0 saturated carbocycles. The first-order valence-electron chi connectivity index (χ1n) is 5.85. The van der Waals surface area contributed by atoms with E-state index in [9.17, 15) is 4.79 Å². The normalized spacial score (nSPS) is 10.2. The zero-order chi connectivity index (χ0) is 14.5. The summed E-state index contributed by atoms with van der Waals surface area (Å²) in [6, 6.07) is 8.39. The molecule has 1 amide bonds. The molecule has 2 aromatic rings. The Bertz CT molecular complexity index is 615. The highest BCUT2D eigenvalue weighted by Gasteiger charge is 2.07. The number of hydrogen-bond acceptors (Lipinski definition) is 3. The summed E-state index contributed by atoms with van der Waals surface area (Å²) < 4.78 is 5.32. The lowest BCUT2D eigenvalue weighted by Gasteiger charge is -2.08. The number of pyridine rings is 1. The number of carbonyl (C=O) groups excluding carboxylic acids is 1. The van der Waals surface area contributed by atoms with Gasteiger partial charge in [-0.1, -0.05) is 29.3 Å². The van der Waals surface area contributed by atoms with Crippen LogP contribution in [0.1, 0.15) is 5.56 Å². The Morgan fingerprint density at radius 3 is 2.75 bits per heavy atom. The lowest BCUT2D eigenvalue weighted by molar-refractivity contribution is -0.118. The number of nitrogens with zero attached hydrogens (tertiary/aromatic N) is 1. The van der Waals surface area contributed by atoms with Gasteiger partial charge in [-0.25, -0.2) is 4.98 Å². The number of nitrogens with one attached hydrogen (secondary N) is 1. The van der Waals surface area contributed by atoms with Gasteiger partial charge < -0.3 is 10.1 Å². The summed E-state index contributed by atoms with van der Waals surface area (Å²) in [5.41, 5.74) is 1.02. The van der Waals surface area contributed by atoms with Gasteiger partial charge in [-0.05, 0) is 36.8 Å². The van der Waals surface area contributed by atoms with Gasteiger partial charge in [0.2, 0.25) is 0 Å². The molecule has 1 heterocycles. The van der Waals surface area contributed by atoms with Crippen molar-refractivity contribution in [3.05, 3.63) is 52.1 Å². The molecule has 1 N–H and O–H groups in total. The van der Waals surface area contributed by atoms with E-state index in [1.807, 2.05) is 13.0 Å². The molecule has 0 aliphatic heterocycles. The number of anilines is 1. The second-order valence-electron chi connectivity index (χ2n) is 4.13. The first-order valence-corrected chi connectivity index (χ1v) is 6.60. The van der Waals surface area contributed by atoms with Crippen LogP contribution < -0.4 is 10.1 Å². The minimum Gasteiger partial charge on any atom is -0.482 e. The molecule has 0 aliphatic carbocycles. The number of aromatic nitrogens is 1. The SMILES string of the molecule is Cc1ccc(NC(=O)COc2ccc(Cl)cc2Cl)nc1. The first kappa shape index (κ1) is 14.6. The third-order valence-corrected chi connectivity index (χ3v) is 2.96. The summed E-state index contributed by atoms with van der Waals surface area (Å²) in [6.45, 7) is 1.77. The van der Waals surface area contributed by atoms with Crippen LogP contribution in [0.3, 0.4) is 0 Å². The fourth-order valence-electron chi connectivity index (χ4n) is 1.46. The van der Waals surface area contributed by atoms with Crippen LogP contribution in [0.2, 0.25) is 10.0 Å². The summed E-state index contributed by atoms with van der Waals surface area (Å²) >= 11 is 11.7. The van der Waals surface area contributed by atoms with Crippen molar-refractivity contribution < 1.29 is 9.53 Å². The summed E-state index contributed by atoms with van der Waals surface area (Å²) in [6.07, 6.45) is 1.67. The highest BCUT2D eigenvalue weighted by atomic mass is 35.5. The van der Waals surface area contributed by atoms with Crippen LogP contribution >= 0.6 is 23.2 Å². The predicted molar refractivity (Wildman–Crippen MR) is 79.6 cm³/mol. The minimum atomic E-state index is -0.313. The second-order valence-corrected chi connectivity index (χ2v) is 4.98. The molecule has 20 heavy (non-hydrogen) atoms. The number of halogens is 2. The molecule has 4 nitrogen and oxygen atoms in total. The van der Waals surface area contributed by atoms with Crippen molar-refractivity contribution in [2.75, 3.05) is 11.9 Å². The minimum absolute atomic E-state index is 0.156. The molecule has 0 atom stereocenters. The number of amides is 1. The molecule has 0 saturated heterocycles. The summed E-state index contributed by atoms with van der Waals surface area (Å²) in [5.74, 6) is 0.571. The molecular formula is C14H12Cl2N2O2. The van der Waals surface area contributed by atoms with Gasteiger partial charge in [0.1, 0.15) is 11.6 Å². The van der Waals surface area contributed by atoms with Crippen LogP contribution in [0.15, 0.2) is 36.5 Å². The maximum absolute atomic E-state index is 11.7. The fourth-order valence-corrected chi connectivity index (χ4v) is 1.92. The number of hydrogen-bond donors (Lipinski definition) is 1. The molecule has 2 rings (SSSR count). The Balaban J connectivity index is 1.90. The van der Waals surface area contributed by atoms with E-state index in [1.54, 1.807) is 30.5 Å². The molecule has 0 bridgehead atoms. The van der Waals surface area contributed by atoms with E-state index in [0.29, 0.717) is 21.6 Å². The average Bonchev–Trinajstić information content (AvgIpc) is 2.40. The van der Waals surface area contributed by atoms with Crippen LogP contribution in [-0.4, -0.2) is 17.5 Å². The van der Waals surface area contributed by atoms with Crippen molar-refractivity contribution in [3.63, 3.8) is 0 Å². The summed E-state index contributed by atoms with van der Waals surface area (Å²) in [4.78, 5) is 15.8. The predicted octanol–water partition coefficient (Wildman–Crippen LogP) is 3.71. The highest BCUT2D eigenvalue weighted by molar-refractivity contribution is 6.35. The summed E-state index contributed by atoms with van der Waals surface area (Å²) in [5, 5.41) is 3.50. The van der Waals surface area contributed by atoms with E-state index >= 15 is 0 Å². The molecule has 104 valence electrons. The standard InChI is InChI=1S/C14H12Cl2N2O2/c1-9-2-5-13(17-7-9)18-14(19)8-20-12-4-3-10(15)6-11(12)16/h2-7H,8H2,1H3,(H,17,18,19). The molecule has 0 aliphatic rings. The smallest absolute Gasteiger partial charge is 0.263 e. The van der Waals surface area contributed by atoms with Gasteiger partial charge in [-0.3, -0.25) is 4.79 Å². The van der Waals surface area contributed by atoms with Gasteiger partial charge in [-0.2, -0.15) is 0 Å². The Hall–Kier alpha value is -1.78. The van der Waals surface area contributed by atoms with Crippen molar-refractivity contribution in [1.29, 1.82) is 0 Å². The first-order chi connectivity index (χ1) is 9.54. The molecule has 0 unspecified atom stereocenters. The maximum atomic E-state index is 11.7. The molecular weight excluding hydrogens is 299 g/mol. The third kappa shape index (κ3) is 4.11. The number of rotatable bonds is 4. The van der Waals surface area contributed by atoms with Gasteiger partial charge in [0, 0.05) is 11.2 Å². The van der Waals surface area contributed by atoms with Gasteiger partial charge in [0.25, 0.3) is 5.91 Å². The maximum Gasteiger partial charge on any atom is 0.263 e. The lowest BCUT2D eigenvalue weighted by atomic mass is 10.3. The lowest BCUT2D eigenvalue weighted by Crippen LogP contribution is -2.20. The zero-order valence-electron chi connectivity index (χ0n) is 10.7. The number of aryl methyl sites for hydroxylation is 1. The van der Waals surface area contributed by atoms with Crippen LogP contribution in [-0.2, 0) is 4.79 Å². The van der Waals surface area contributed by atoms with E-state index in [-0.39, 0.29) is 12.5 Å². The van der Waals surface area contributed by atoms with Crippen LogP contribution in [0.25, 0.3) is 0 Å². The Morgan fingerprint density at radius 1 is 1.30 bits per heavy atom. The van der Waals surface area contributed by atoms with Gasteiger partial charge in [0.15, 0.2) is 6.61 Å². The fraction of sp³-hybridized carbons (Fsp3) is 0.143. The molecule has 0 spiro atoms. The number of carbonyl (C=O) groups is 1. The van der Waals surface area contributed by atoms with Gasteiger partial charge in [0.05, 0.1) is 5.02 Å². The van der Waals surface area contributed by atoms with E-state index in [1.165, 1.54) is 0 Å². The average molecular weight is 311 g/mol. The molecule has 0 fully saturated rings. The van der Waals surface area contributed by atoms with Gasteiger partial charge >= 0.3 is 0 Å². The Kier molecular flexibility index (Phi) is 4.82. The zero-order valence-corrected chi connectivity index (χ0v) is 12.2. The Labute approximate surface area is 126 Å². The van der Waals surface area contributed by atoms with Gasteiger partial charge in [-0.15, -0.1) is 0 Å². The Morgan fingerprint density at radius 2 is 2.10 bits per heavy atom. The van der Waals surface area contributed by atoms with E-state index in [0.717, 1.165) is 5.56 Å². The van der Waals surface area contributed by atoms with Crippen molar-refractivity contribution >= 4 is 34.9 Å². The second kappa shape index (κ2) is 6.59. The van der Waals surface area contributed by atoms with E-state index in [4.69, 9.17) is 27.9 Å². The molecule has 1 aromatic heterocycles. The topological polar surface area (TPSA) is 51.2 Å². The van der Waals surface area contributed by atoms with Crippen LogP contribution in [0.5, 0.6) is 5.75 Å². The van der Waals surface area contributed by atoms with E-state index < -0.39 is 0 Å². The van der Waals surface area contributed by atoms with Crippen molar-refractivity contribution in [3.8, 4) is 5.75 Å². The number of ether oxygens (including phenoxy) is 1. The van der Waals surface area contributed by atoms with Crippen molar-refractivity contribution in [1.82, 2.24) is 4.98 Å². The quantitative estimate of drug-likeness (QED) is 0.936.